The van der Waals surface area contributed by atoms with Crippen LogP contribution < -0.4 is 10.5 Å². The number of nitrogens with two attached hydrogens (primary N) is 1. The van der Waals surface area contributed by atoms with Crippen molar-refractivity contribution < 1.29 is 19.1 Å². The van der Waals surface area contributed by atoms with Gasteiger partial charge in [0, 0.05) is 30.8 Å². The molecule has 142 valence electrons. The van der Waals surface area contributed by atoms with E-state index < -0.39 is 5.60 Å². The number of ketones is 1. The lowest BCUT2D eigenvalue weighted by molar-refractivity contribution is -0.137. The lowest BCUT2D eigenvalue weighted by Crippen LogP contribution is -2.46. The minimum Gasteiger partial charge on any atom is -0.486 e. The number of hydrogen-bond acceptors (Lipinski definition) is 4. The average Bonchev–Trinajstić information content (AvgIpc) is 3.32. The van der Waals surface area contributed by atoms with Crippen LogP contribution in [0.3, 0.4) is 0 Å². The SMILES string of the molecule is NC(=O)C1CCN(C(=O)[C@@H]2[C@@H]3CC[C@@]4(CC(=O)c5ccccc5O4)[C@@H]32)CC1. The molecule has 27 heavy (non-hydrogen) atoms. The number of carbonyl (C=O) groups excluding carboxylic acids is 3. The summed E-state index contributed by atoms with van der Waals surface area (Å²) < 4.78 is 6.37. The molecule has 2 saturated carbocycles. The van der Waals surface area contributed by atoms with Crippen molar-refractivity contribution in [2.75, 3.05) is 13.1 Å². The Balaban J connectivity index is 1.31. The highest BCUT2D eigenvalue weighted by molar-refractivity contribution is 6.00. The zero-order valence-corrected chi connectivity index (χ0v) is 15.2. The van der Waals surface area contributed by atoms with Crippen molar-refractivity contribution in [2.45, 2.75) is 37.7 Å². The van der Waals surface area contributed by atoms with Crippen LogP contribution >= 0.6 is 0 Å². The Morgan fingerprint density at radius 1 is 1.15 bits per heavy atom. The fourth-order valence-corrected chi connectivity index (χ4v) is 5.69. The quantitative estimate of drug-likeness (QED) is 0.861. The Bertz CT molecular complexity index is 829. The third-order valence-electron chi connectivity index (χ3n) is 7.13. The lowest BCUT2D eigenvalue weighted by atomic mass is 9.84. The van der Waals surface area contributed by atoms with Gasteiger partial charge < -0.3 is 15.4 Å². The van der Waals surface area contributed by atoms with Gasteiger partial charge in [-0.2, -0.15) is 0 Å². The number of amides is 2. The number of nitrogens with zero attached hydrogens (tertiary/aromatic N) is 1. The molecule has 2 aliphatic carbocycles. The highest BCUT2D eigenvalue weighted by Crippen LogP contribution is 2.66. The number of hydrogen-bond donors (Lipinski definition) is 1. The second-order valence-corrected chi connectivity index (χ2v) is 8.52. The molecule has 6 heteroatoms. The van der Waals surface area contributed by atoms with Crippen molar-refractivity contribution in [3.8, 4) is 5.75 Å². The molecule has 1 spiro atoms. The number of carbonyl (C=O) groups is 3. The number of primary amides is 1. The third-order valence-corrected chi connectivity index (χ3v) is 7.13. The van der Waals surface area contributed by atoms with Crippen LogP contribution in [0.1, 0.15) is 42.5 Å². The van der Waals surface area contributed by atoms with Crippen molar-refractivity contribution in [3.05, 3.63) is 29.8 Å². The molecule has 4 atom stereocenters. The highest BCUT2D eigenvalue weighted by Gasteiger charge is 2.71. The second-order valence-electron chi connectivity index (χ2n) is 8.52. The normalized spacial score (nSPS) is 34.7. The molecule has 3 fully saturated rings. The molecule has 2 amide bonds. The molecule has 4 aliphatic rings. The summed E-state index contributed by atoms with van der Waals surface area (Å²) in [5, 5.41) is 0. The van der Waals surface area contributed by atoms with E-state index in [9.17, 15) is 14.4 Å². The summed E-state index contributed by atoms with van der Waals surface area (Å²) >= 11 is 0. The maximum absolute atomic E-state index is 13.1. The number of likely N-dealkylation sites (tertiary alicyclic amines) is 1. The number of rotatable bonds is 2. The van der Waals surface area contributed by atoms with Gasteiger partial charge in [0.25, 0.3) is 0 Å². The first-order valence-electron chi connectivity index (χ1n) is 9.89. The Kier molecular flexibility index (Phi) is 3.61. The van der Waals surface area contributed by atoms with E-state index in [4.69, 9.17) is 10.5 Å². The summed E-state index contributed by atoms with van der Waals surface area (Å²) in [4.78, 5) is 39.0. The van der Waals surface area contributed by atoms with Crippen molar-refractivity contribution in [3.63, 3.8) is 0 Å². The van der Waals surface area contributed by atoms with E-state index in [2.05, 4.69) is 0 Å². The summed E-state index contributed by atoms with van der Waals surface area (Å²) in [6, 6.07) is 7.41. The minimum atomic E-state index is -0.512. The summed E-state index contributed by atoms with van der Waals surface area (Å²) in [6.45, 7) is 1.19. The molecule has 0 aromatic heterocycles. The summed E-state index contributed by atoms with van der Waals surface area (Å²) in [5.74, 6) is 0.990. The number of para-hydroxylation sites is 1. The summed E-state index contributed by atoms with van der Waals surface area (Å²) in [7, 11) is 0. The second kappa shape index (κ2) is 5.81. The van der Waals surface area contributed by atoms with Crippen LogP contribution in [0, 0.1) is 23.7 Å². The molecule has 2 heterocycles. The van der Waals surface area contributed by atoms with Crippen LogP contribution in [0.25, 0.3) is 0 Å². The number of ether oxygens (including phenoxy) is 1. The molecular weight excluding hydrogens is 344 g/mol. The van der Waals surface area contributed by atoms with Crippen LogP contribution in [-0.4, -0.2) is 41.2 Å². The Morgan fingerprint density at radius 2 is 1.89 bits per heavy atom. The van der Waals surface area contributed by atoms with E-state index in [0.717, 1.165) is 12.8 Å². The molecule has 1 aromatic rings. The summed E-state index contributed by atoms with van der Waals surface area (Å²) in [5.41, 5.74) is 5.53. The van der Waals surface area contributed by atoms with Crippen LogP contribution in [0.2, 0.25) is 0 Å². The van der Waals surface area contributed by atoms with Gasteiger partial charge in [0.15, 0.2) is 5.78 Å². The van der Waals surface area contributed by atoms with Crippen molar-refractivity contribution in [1.82, 2.24) is 4.90 Å². The van der Waals surface area contributed by atoms with Gasteiger partial charge in [-0.05, 0) is 43.7 Å². The molecule has 2 N–H and O–H groups in total. The maximum Gasteiger partial charge on any atom is 0.226 e. The zero-order chi connectivity index (χ0) is 18.8. The molecule has 5 rings (SSSR count). The van der Waals surface area contributed by atoms with Gasteiger partial charge in [0.05, 0.1) is 12.0 Å². The predicted molar refractivity (Wildman–Crippen MR) is 97.0 cm³/mol. The summed E-state index contributed by atoms with van der Waals surface area (Å²) in [6.07, 6.45) is 3.45. The van der Waals surface area contributed by atoms with Gasteiger partial charge in [0.1, 0.15) is 11.4 Å². The van der Waals surface area contributed by atoms with E-state index >= 15 is 0 Å². The first kappa shape index (κ1) is 16.8. The van der Waals surface area contributed by atoms with Gasteiger partial charge in [-0.3, -0.25) is 14.4 Å². The molecule has 1 saturated heterocycles. The highest BCUT2D eigenvalue weighted by atomic mass is 16.5. The molecule has 0 unspecified atom stereocenters. The number of fused-ring (bicyclic) bond motifs is 3. The molecule has 0 bridgehead atoms. The largest absolute Gasteiger partial charge is 0.486 e. The Labute approximate surface area is 158 Å². The standard InChI is InChI=1S/C21H24N2O4/c22-19(25)12-6-9-23(10-7-12)20(26)17-14-5-8-21(18(14)17)11-15(24)13-3-1-2-4-16(13)27-21/h1-4,12,14,17-18H,5-11H2,(H2,22,25)/t14-,17+,18-,21+/m0/s1. The van der Waals surface area contributed by atoms with Crippen molar-refractivity contribution in [2.24, 2.45) is 29.4 Å². The predicted octanol–water partition coefficient (Wildman–Crippen LogP) is 1.77. The Morgan fingerprint density at radius 3 is 2.63 bits per heavy atom. The minimum absolute atomic E-state index is 0.0399. The van der Waals surface area contributed by atoms with Crippen LogP contribution in [0.4, 0.5) is 0 Å². The molecule has 1 aromatic carbocycles. The van der Waals surface area contributed by atoms with E-state index in [1.54, 1.807) is 0 Å². The molecule has 2 aliphatic heterocycles. The van der Waals surface area contributed by atoms with Crippen LogP contribution in [0.5, 0.6) is 5.75 Å². The fourth-order valence-electron chi connectivity index (χ4n) is 5.69. The number of piperidine rings is 1. The van der Waals surface area contributed by atoms with Gasteiger partial charge in [-0.1, -0.05) is 12.1 Å². The van der Waals surface area contributed by atoms with Gasteiger partial charge >= 0.3 is 0 Å². The zero-order valence-electron chi connectivity index (χ0n) is 15.2. The monoisotopic (exact) mass is 368 g/mol. The first-order chi connectivity index (χ1) is 13.0. The van der Waals surface area contributed by atoms with E-state index in [1.807, 2.05) is 29.2 Å². The van der Waals surface area contributed by atoms with E-state index in [0.29, 0.717) is 49.6 Å². The van der Waals surface area contributed by atoms with Crippen molar-refractivity contribution >= 4 is 17.6 Å². The smallest absolute Gasteiger partial charge is 0.226 e. The maximum atomic E-state index is 13.1. The Hall–Kier alpha value is -2.37. The van der Waals surface area contributed by atoms with Crippen LogP contribution in [-0.2, 0) is 9.59 Å². The fraction of sp³-hybridized carbons (Fsp3) is 0.571. The van der Waals surface area contributed by atoms with Gasteiger partial charge in [0.2, 0.25) is 11.8 Å². The number of benzene rings is 1. The molecule has 0 radical (unpaired) electrons. The molecule has 6 nitrogen and oxygen atoms in total. The van der Waals surface area contributed by atoms with Crippen molar-refractivity contribution in [1.29, 1.82) is 0 Å². The molecular formula is C21H24N2O4. The average molecular weight is 368 g/mol. The topological polar surface area (TPSA) is 89.7 Å². The van der Waals surface area contributed by atoms with E-state index in [-0.39, 0.29) is 35.4 Å². The van der Waals surface area contributed by atoms with Gasteiger partial charge in [-0.25, -0.2) is 0 Å². The van der Waals surface area contributed by atoms with E-state index in [1.165, 1.54) is 0 Å². The van der Waals surface area contributed by atoms with Crippen LogP contribution in [0.15, 0.2) is 24.3 Å². The lowest BCUT2D eigenvalue weighted by Gasteiger charge is -2.38. The van der Waals surface area contributed by atoms with Gasteiger partial charge in [-0.15, -0.1) is 0 Å². The first-order valence-corrected chi connectivity index (χ1v) is 9.89. The third kappa shape index (κ3) is 2.49. The number of Topliss-reactive ketones (excluding diaryl/α,β-unsaturated/α-hetero) is 1.